The number of ether oxygens (including phenoxy) is 2. The maximum atomic E-state index is 9.33. The van der Waals surface area contributed by atoms with Crippen molar-refractivity contribution in [2.75, 3.05) is 7.11 Å². The highest BCUT2D eigenvalue weighted by molar-refractivity contribution is 6.37. The predicted molar refractivity (Wildman–Crippen MR) is 75.5 cm³/mol. The van der Waals surface area contributed by atoms with Gasteiger partial charge in [-0.15, -0.1) is 0 Å². The van der Waals surface area contributed by atoms with E-state index in [1.54, 1.807) is 7.11 Å². The van der Waals surface area contributed by atoms with Gasteiger partial charge in [0.25, 0.3) is 0 Å². The fourth-order valence-corrected chi connectivity index (χ4v) is 2.19. The molecule has 0 aliphatic carbocycles. The lowest BCUT2D eigenvalue weighted by Crippen LogP contribution is -1.97. The minimum absolute atomic E-state index is 0.00345. The molecule has 2 aromatic carbocycles. The highest BCUT2D eigenvalue weighted by Crippen LogP contribution is 2.36. The van der Waals surface area contributed by atoms with Crippen molar-refractivity contribution in [3.05, 3.63) is 52.0 Å². The van der Waals surface area contributed by atoms with Crippen molar-refractivity contribution in [3.8, 4) is 17.2 Å². The summed E-state index contributed by atoms with van der Waals surface area (Å²) in [7, 11) is 1.60. The monoisotopic (exact) mass is 298 g/mol. The molecule has 0 heterocycles. The van der Waals surface area contributed by atoms with Gasteiger partial charge in [-0.25, -0.2) is 0 Å². The fourth-order valence-electron chi connectivity index (χ4n) is 1.60. The summed E-state index contributed by atoms with van der Waals surface area (Å²) < 4.78 is 10.7. The van der Waals surface area contributed by atoms with Gasteiger partial charge >= 0.3 is 0 Å². The normalized spacial score (nSPS) is 10.3. The van der Waals surface area contributed by atoms with Crippen LogP contribution < -0.4 is 9.47 Å². The van der Waals surface area contributed by atoms with Crippen molar-refractivity contribution in [3.63, 3.8) is 0 Å². The Kier molecular flexibility index (Phi) is 4.40. The standard InChI is InChI=1S/C14H12Cl2O3/c1-18-11-4-2-3-9(5-11)8-19-14-12(15)6-10(17)7-13(14)16/h2-7,17H,8H2,1H3. The molecule has 0 amide bonds. The number of halogens is 2. The van der Waals surface area contributed by atoms with E-state index < -0.39 is 0 Å². The third-order valence-corrected chi connectivity index (χ3v) is 3.06. The Hall–Kier alpha value is -1.58. The van der Waals surface area contributed by atoms with Crippen LogP contribution >= 0.6 is 23.2 Å². The SMILES string of the molecule is COc1cccc(COc2c(Cl)cc(O)cc2Cl)c1. The molecule has 0 atom stereocenters. The van der Waals surface area contributed by atoms with Crippen LogP contribution in [0.2, 0.25) is 10.0 Å². The van der Waals surface area contributed by atoms with Gasteiger partial charge < -0.3 is 14.6 Å². The van der Waals surface area contributed by atoms with E-state index >= 15 is 0 Å². The molecule has 0 spiro atoms. The Morgan fingerprint density at radius 2 is 1.79 bits per heavy atom. The van der Waals surface area contributed by atoms with Gasteiger partial charge in [0.2, 0.25) is 0 Å². The van der Waals surface area contributed by atoms with Gasteiger partial charge in [-0.2, -0.15) is 0 Å². The number of benzene rings is 2. The van der Waals surface area contributed by atoms with Gasteiger partial charge in [-0.05, 0) is 17.7 Å². The van der Waals surface area contributed by atoms with Crippen LogP contribution in [0.25, 0.3) is 0 Å². The molecule has 5 heteroatoms. The van der Waals surface area contributed by atoms with Gasteiger partial charge in [-0.1, -0.05) is 35.3 Å². The molecule has 0 radical (unpaired) electrons. The molecule has 0 aliphatic rings. The summed E-state index contributed by atoms with van der Waals surface area (Å²) in [5.74, 6) is 1.11. The number of phenols is 1. The summed E-state index contributed by atoms with van der Waals surface area (Å²) >= 11 is 11.9. The van der Waals surface area contributed by atoms with E-state index in [1.807, 2.05) is 24.3 Å². The topological polar surface area (TPSA) is 38.7 Å². The molecule has 2 aromatic rings. The van der Waals surface area contributed by atoms with Crippen LogP contribution in [0.5, 0.6) is 17.2 Å². The Bertz CT molecular complexity index is 562. The van der Waals surface area contributed by atoms with Crippen molar-refractivity contribution in [1.82, 2.24) is 0 Å². The van der Waals surface area contributed by atoms with E-state index in [0.717, 1.165) is 11.3 Å². The molecule has 2 rings (SSSR count). The number of phenolic OH excluding ortho intramolecular Hbond substituents is 1. The first-order valence-electron chi connectivity index (χ1n) is 5.54. The lowest BCUT2D eigenvalue weighted by molar-refractivity contribution is 0.305. The van der Waals surface area contributed by atoms with Crippen LogP contribution in [0.15, 0.2) is 36.4 Å². The van der Waals surface area contributed by atoms with E-state index in [0.29, 0.717) is 12.4 Å². The van der Waals surface area contributed by atoms with Crippen LogP contribution in [-0.2, 0) is 6.61 Å². The van der Waals surface area contributed by atoms with Gasteiger partial charge in [0.1, 0.15) is 18.1 Å². The average molecular weight is 299 g/mol. The maximum absolute atomic E-state index is 9.33. The average Bonchev–Trinajstić information content (AvgIpc) is 2.37. The summed E-state index contributed by atoms with van der Waals surface area (Å²) in [6.45, 7) is 0.307. The van der Waals surface area contributed by atoms with E-state index in [-0.39, 0.29) is 15.8 Å². The lowest BCUT2D eigenvalue weighted by atomic mass is 10.2. The molecule has 0 bridgehead atoms. The summed E-state index contributed by atoms with van der Waals surface area (Å²) in [6.07, 6.45) is 0. The van der Waals surface area contributed by atoms with Crippen LogP contribution in [0.3, 0.4) is 0 Å². The second-order valence-corrected chi connectivity index (χ2v) is 4.69. The van der Waals surface area contributed by atoms with Crippen LogP contribution in [0, 0.1) is 0 Å². The van der Waals surface area contributed by atoms with Gasteiger partial charge in [0.15, 0.2) is 5.75 Å². The number of rotatable bonds is 4. The van der Waals surface area contributed by atoms with E-state index in [9.17, 15) is 5.11 Å². The summed E-state index contributed by atoms with van der Waals surface area (Å²) in [5.41, 5.74) is 0.930. The van der Waals surface area contributed by atoms with Crippen molar-refractivity contribution >= 4 is 23.2 Å². The van der Waals surface area contributed by atoms with Crippen molar-refractivity contribution in [1.29, 1.82) is 0 Å². The molecular weight excluding hydrogens is 287 g/mol. The Morgan fingerprint density at radius 1 is 1.11 bits per heavy atom. The molecule has 0 fully saturated rings. The molecule has 0 aliphatic heterocycles. The largest absolute Gasteiger partial charge is 0.508 e. The van der Waals surface area contributed by atoms with Crippen molar-refractivity contribution in [2.24, 2.45) is 0 Å². The second-order valence-electron chi connectivity index (χ2n) is 3.88. The Morgan fingerprint density at radius 3 is 2.42 bits per heavy atom. The zero-order valence-corrected chi connectivity index (χ0v) is 11.7. The first-order chi connectivity index (χ1) is 9.10. The smallest absolute Gasteiger partial charge is 0.157 e. The molecule has 100 valence electrons. The van der Waals surface area contributed by atoms with E-state index in [1.165, 1.54) is 12.1 Å². The fraction of sp³-hybridized carbons (Fsp3) is 0.143. The lowest BCUT2D eigenvalue weighted by Gasteiger charge is -2.11. The number of hydrogen-bond donors (Lipinski definition) is 1. The number of aromatic hydroxyl groups is 1. The third kappa shape index (κ3) is 3.46. The molecule has 3 nitrogen and oxygen atoms in total. The highest BCUT2D eigenvalue weighted by atomic mass is 35.5. The van der Waals surface area contributed by atoms with Crippen LogP contribution in [0.1, 0.15) is 5.56 Å². The van der Waals surface area contributed by atoms with Crippen LogP contribution in [-0.4, -0.2) is 12.2 Å². The summed E-state index contributed by atoms with van der Waals surface area (Å²) in [6, 6.07) is 10.3. The van der Waals surface area contributed by atoms with Crippen molar-refractivity contribution < 1.29 is 14.6 Å². The molecule has 1 N–H and O–H groups in total. The second kappa shape index (κ2) is 6.04. The van der Waals surface area contributed by atoms with E-state index in [4.69, 9.17) is 32.7 Å². The minimum atomic E-state index is 0.00345. The molecule has 19 heavy (non-hydrogen) atoms. The molecule has 0 saturated carbocycles. The minimum Gasteiger partial charge on any atom is -0.508 e. The first-order valence-corrected chi connectivity index (χ1v) is 6.29. The van der Waals surface area contributed by atoms with Gasteiger partial charge in [0, 0.05) is 12.1 Å². The van der Waals surface area contributed by atoms with E-state index in [2.05, 4.69) is 0 Å². The first kappa shape index (κ1) is 13.8. The number of methoxy groups -OCH3 is 1. The zero-order chi connectivity index (χ0) is 13.8. The summed E-state index contributed by atoms with van der Waals surface area (Å²) in [4.78, 5) is 0. The predicted octanol–water partition coefficient (Wildman–Crippen LogP) is 4.29. The Labute approximate surface area is 121 Å². The summed E-state index contributed by atoms with van der Waals surface area (Å²) in [5, 5.41) is 9.87. The van der Waals surface area contributed by atoms with Gasteiger partial charge in [0.05, 0.1) is 17.2 Å². The van der Waals surface area contributed by atoms with Crippen LogP contribution in [0.4, 0.5) is 0 Å². The molecule has 0 aromatic heterocycles. The molecular formula is C14H12Cl2O3. The Balaban J connectivity index is 2.14. The van der Waals surface area contributed by atoms with Gasteiger partial charge in [-0.3, -0.25) is 0 Å². The molecule has 0 saturated heterocycles. The highest BCUT2D eigenvalue weighted by Gasteiger charge is 2.09. The third-order valence-electron chi connectivity index (χ3n) is 2.50. The zero-order valence-electron chi connectivity index (χ0n) is 10.2. The number of hydrogen-bond acceptors (Lipinski definition) is 3. The maximum Gasteiger partial charge on any atom is 0.157 e. The van der Waals surface area contributed by atoms with Crippen molar-refractivity contribution in [2.45, 2.75) is 6.61 Å². The molecule has 0 unspecified atom stereocenters. The quantitative estimate of drug-likeness (QED) is 0.915.